The van der Waals surface area contributed by atoms with E-state index in [9.17, 15) is 5.11 Å². The van der Waals surface area contributed by atoms with Gasteiger partial charge in [-0.15, -0.1) is 0 Å². The molecule has 2 N–H and O–H groups in total. The summed E-state index contributed by atoms with van der Waals surface area (Å²) in [5.74, 6) is 0.882. The van der Waals surface area contributed by atoms with Crippen molar-refractivity contribution in [3.63, 3.8) is 0 Å². The lowest BCUT2D eigenvalue weighted by atomic mass is 9.87. The van der Waals surface area contributed by atoms with Crippen LogP contribution in [0, 0.1) is 0 Å². The summed E-state index contributed by atoms with van der Waals surface area (Å²) in [7, 11) is 0. The number of nitrogens with one attached hydrogen (secondary N) is 1. The molecule has 3 rings (SSSR count). The molecule has 1 heterocycles. The molecule has 0 aliphatic carbocycles. The Hall–Kier alpha value is -1.54. The van der Waals surface area contributed by atoms with Crippen molar-refractivity contribution in [3.8, 4) is 5.75 Å². The smallest absolute Gasteiger partial charge is 0.119 e. The molecule has 2 aromatic carbocycles. The summed E-state index contributed by atoms with van der Waals surface area (Å²) < 4.78 is 0. The van der Waals surface area contributed by atoms with Crippen LogP contribution in [0.1, 0.15) is 24.3 Å². The van der Waals surface area contributed by atoms with E-state index in [1.807, 2.05) is 24.3 Å². The zero-order valence-electron chi connectivity index (χ0n) is 9.82. The van der Waals surface area contributed by atoms with E-state index in [1.165, 1.54) is 17.2 Å². The van der Waals surface area contributed by atoms with Gasteiger partial charge in [-0.05, 0) is 36.2 Å². The van der Waals surface area contributed by atoms with Crippen molar-refractivity contribution in [2.75, 3.05) is 13.1 Å². The van der Waals surface area contributed by atoms with Gasteiger partial charge in [0.15, 0.2) is 0 Å². The van der Waals surface area contributed by atoms with E-state index in [4.69, 9.17) is 0 Å². The second-order valence-electron chi connectivity index (χ2n) is 4.76. The van der Waals surface area contributed by atoms with Crippen LogP contribution in [0.15, 0.2) is 36.4 Å². The zero-order valence-corrected chi connectivity index (χ0v) is 9.82. The minimum Gasteiger partial charge on any atom is -0.508 e. The molecule has 2 heteroatoms. The van der Waals surface area contributed by atoms with Crippen molar-refractivity contribution >= 4 is 10.8 Å². The summed E-state index contributed by atoms with van der Waals surface area (Å²) in [4.78, 5) is 0. The van der Waals surface area contributed by atoms with Crippen molar-refractivity contribution in [1.29, 1.82) is 0 Å². The summed E-state index contributed by atoms with van der Waals surface area (Å²) in [5, 5.41) is 16.0. The summed E-state index contributed by atoms with van der Waals surface area (Å²) >= 11 is 0. The van der Waals surface area contributed by atoms with Crippen molar-refractivity contribution in [2.24, 2.45) is 0 Å². The van der Waals surface area contributed by atoms with Gasteiger partial charge in [0.05, 0.1) is 0 Å². The maximum atomic E-state index is 10.1. The highest BCUT2D eigenvalue weighted by Crippen LogP contribution is 2.36. The lowest BCUT2D eigenvalue weighted by Gasteiger charge is -2.25. The predicted molar refractivity (Wildman–Crippen MR) is 70.5 cm³/mol. The number of benzene rings is 2. The molecule has 0 spiro atoms. The van der Waals surface area contributed by atoms with E-state index in [-0.39, 0.29) is 0 Å². The molecule has 1 saturated heterocycles. The maximum absolute atomic E-state index is 10.1. The van der Waals surface area contributed by atoms with Gasteiger partial charge in [0.1, 0.15) is 5.75 Å². The fourth-order valence-corrected chi connectivity index (χ4v) is 2.81. The second-order valence-corrected chi connectivity index (χ2v) is 4.76. The van der Waals surface area contributed by atoms with Crippen molar-refractivity contribution in [3.05, 3.63) is 42.0 Å². The minimum absolute atomic E-state index is 0.440. The number of piperidine rings is 1. The molecule has 1 unspecified atom stereocenters. The van der Waals surface area contributed by atoms with Gasteiger partial charge >= 0.3 is 0 Å². The quantitative estimate of drug-likeness (QED) is 0.785. The third-order valence-corrected chi connectivity index (χ3v) is 3.65. The first kappa shape index (κ1) is 10.6. The van der Waals surface area contributed by atoms with E-state index < -0.39 is 0 Å². The maximum Gasteiger partial charge on any atom is 0.119 e. The Morgan fingerprint density at radius 3 is 2.82 bits per heavy atom. The van der Waals surface area contributed by atoms with Crippen LogP contribution in [0.5, 0.6) is 5.75 Å². The van der Waals surface area contributed by atoms with Gasteiger partial charge in [-0.1, -0.05) is 30.3 Å². The van der Waals surface area contributed by atoms with E-state index in [0.29, 0.717) is 11.7 Å². The van der Waals surface area contributed by atoms with Gasteiger partial charge in [0.25, 0.3) is 0 Å². The predicted octanol–water partition coefficient (Wildman–Crippen LogP) is 3.01. The molecule has 1 aliphatic rings. The number of phenolic OH excluding ortho intramolecular Hbond substituents is 1. The largest absolute Gasteiger partial charge is 0.508 e. The van der Waals surface area contributed by atoms with Crippen LogP contribution in [-0.2, 0) is 0 Å². The number of rotatable bonds is 1. The van der Waals surface area contributed by atoms with Gasteiger partial charge in [0.2, 0.25) is 0 Å². The number of fused-ring (bicyclic) bond motifs is 1. The fraction of sp³-hybridized carbons (Fsp3) is 0.333. The number of phenols is 1. The first-order valence-electron chi connectivity index (χ1n) is 6.27. The second kappa shape index (κ2) is 4.38. The molecule has 0 saturated carbocycles. The van der Waals surface area contributed by atoms with Gasteiger partial charge in [-0.2, -0.15) is 0 Å². The normalized spacial score (nSPS) is 20.6. The topological polar surface area (TPSA) is 32.3 Å². The van der Waals surface area contributed by atoms with Crippen LogP contribution in [0.4, 0.5) is 0 Å². The van der Waals surface area contributed by atoms with Crippen molar-refractivity contribution in [2.45, 2.75) is 18.8 Å². The Balaban J connectivity index is 2.15. The lowest BCUT2D eigenvalue weighted by Crippen LogP contribution is -2.28. The lowest BCUT2D eigenvalue weighted by molar-refractivity contribution is 0.428. The molecule has 88 valence electrons. The monoisotopic (exact) mass is 227 g/mol. The molecule has 2 nitrogen and oxygen atoms in total. The highest BCUT2D eigenvalue weighted by atomic mass is 16.3. The van der Waals surface area contributed by atoms with Gasteiger partial charge in [0, 0.05) is 18.0 Å². The van der Waals surface area contributed by atoms with Crippen LogP contribution >= 0.6 is 0 Å². The van der Waals surface area contributed by atoms with Crippen LogP contribution in [0.2, 0.25) is 0 Å². The van der Waals surface area contributed by atoms with Crippen LogP contribution in [0.25, 0.3) is 10.8 Å². The van der Waals surface area contributed by atoms with Crippen LogP contribution in [-0.4, -0.2) is 18.2 Å². The molecule has 0 amide bonds. The Kier molecular flexibility index (Phi) is 2.73. The molecule has 1 aliphatic heterocycles. The molecule has 17 heavy (non-hydrogen) atoms. The third kappa shape index (κ3) is 1.89. The Labute approximate surface area is 101 Å². The first-order chi connectivity index (χ1) is 8.36. The van der Waals surface area contributed by atoms with Crippen LogP contribution in [0.3, 0.4) is 0 Å². The molecular formula is C15H17NO. The van der Waals surface area contributed by atoms with Crippen LogP contribution < -0.4 is 5.32 Å². The van der Waals surface area contributed by atoms with Gasteiger partial charge < -0.3 is 10.4 Å². The Morgan fingerprint density at radius 1 is 1.12 bits per heavy atom. The van der Waals surface area contributed by atoms with E-state index in [0.717, 1.165) is 25.1 Å². The van der Waals surface area contributed by atoms with E-state index in [1.54, 1.807) is 0 Å². The summed E-state index contributed by atoms with van der Waals surface area (Å²) in [5.41, 5.74) is 1.12. The number of hydrogen-bond acceptors (Lipinski definition) is 2. The van der Waals surface area contributed by atoms with E-state index >= 15 is 0 Å². The molecule has 0 aromatic heterocycles. The fourth-order valence-electron chi connectivity index (χ4n) is 2.81. The highest BCUT2D eigenvalue weighted by molar-refractivity contribution is 5.88. The molecule has 0 bridgehead atoms. The number of aromatic hydroxyl groups is 1. The van der Waals surface area contributed by atoms with Gasteiger partial charge in [-0.3, -0.25) is 0 Å². The average Bonchev–Trinajstić information content (AvgIpc) is 2.39. The van der Waals surface area contributed by atoms with Crippen molar-refractivity contribution < 1.29 is 5.11 Å². The SMILES string of the molecule is Oc1ccc2ccccc2c1C1CCCNC1. The highest BCUT2D eigenvalue weighted by Gasteiger charge is 2.20. The molecule has 2 aromatic rings. The van der Waals surface area contributed by atoms with Gasteiger partial charge in [-0.25, -0.2) is 0 Å². The van der Waals surface area contributed by atoms with Crippen molar-refractivity contribution in [1.82, 2.24) is 5.32 Å². The summed E-state index contributed by atoms with van der Waals surface area (Å²) in [6, 6.07) is 12.1. The first-order valence-corrected chi connectivity index (χ1v) is 6.27. The Bertz CT molecular complexity index is 529. The summed E-state index contributed by atoms with van der Waals surface area (Å²) in [6.07, 6.45) is 2.35. The summed E-state index contributed by atoms with van der Waals surface area (Å²) in [6.45, 7) is 2.07. The number of hydrogen-bond donors (Lipinski definition) is 2. The molecule has 1 atom stereocenters. The van der Waals surface area contributed by atoms with E-state index in [2.05, 4.69) is 17.4 Å². The molecular weight excluding hydrogens is 210 g/mol. The standard InChI is InChI=1S/C15H17NO/c17-14-8-7-11-4-1-2-6-13(11)15(14)12-5-3-9-16-10-12/h1-2,4,6-8,12,16-17H,3,5,9-10H2. The average molecular weight is 227 g/mol. The molecule has 0 radical (unpaired) electrons. The Morgan fingerprint density at radius 2 is 2.00 bits per heavy atom. The third-order valence-electron chi connectivity index (χ3n) is 3.65. The zero-order chi connectivity index (χ0) is 11.7. The minimum atomic E-state index is 0.440. The molecule has 1 fully saturated rings.